The molecule has 0 aliphatic heterocycles. The van der Waals surface area contributed by atoms with Gasteiger partial charge in [-0.2, -0.15) is 0 Å². The van der Waals surface area contributed by atoms with Crippen molar-refractivity contribution in [2.24, 2.45) is 5.73 Å². The molecule has 0 radical (unpaired) electrons. The lowest BCUT2D eigenvalue weighted by atomic mass is 10.1. The normalized spacial score (nSPS) is 10.6. The molecule has 0 aliphatic rings. The van der Waals surface area contributed by atoms with Gasteiger partial charge in [0, 0.05) is 18.3 Å². The summed E-state index contributed by atoms with van der Waals surface area (Å²) in [6.45, 7) is 1.56. The topological polar surface area (TPSA) is 29.3 Å². The highest BCUT2D eigenvalue weighted by molar-refractivity contribution is 7.80. The van der Waals surface area contributed by atoms with Crippen LogP contribution in [0.25, 0.3) is 0 Å². The SMILES string of the molecule is Cc1ccc(C(N)=S)c(N(C)CC(F)F)c1. The van der Waals surface area contributed by atoms with Gasteiger partial charge in [-0.1, -0.05) is 18.3 Å². The van der Waals surface area contributed by atoms with Gasteiger partial charge in [0.05, 0.1) is 6.54 Å². The van der Waals surface area contributed by atoms with Gasteiger partial charge in [0.25, 0.3) is 6.43 Å². The van der Waals surface area contributed by atoms with E-state index in [1.807, 2.05) is 13.0 Å². The Morgan fingerprint density at radius 3 is 2.62 bits per heavy atom. The Hall–Kier alpha value is -1.23. The standard InChI is InChI=1S/C11H14F2N2S/c1-7-3-4-8(11(14)16)9(5-7)15(2)6-10(12)13/h3-5,10H,6H2,1-2H3,(H2,14,16). The molecule has 0 saturated heterocycles. The van der Waals surface area contributed by atoms with Crippen molar-refractivity contribution >= 4 is 22.9 Å². The lowest BCUT2D eigenvalue weighted by molar-refractivity contribution is 0.156. The van der Waals surface area contributed by atoms with Gasteiger partial charge in [-0.15, -0.1) is 0 Å². The Labute approximate surface area is 99.0 Å². The molecule has 0 heterocycles. The molecule has 0 saturated carbocycles. The van der Waals surface area contributed by atoms with Crippen LogP contribution in [-0.2, 0) is 0 Å². The number of aryl methyl sites for hydroxylation is 1. The molecule has 0 atom stereocenters. The molecule has 16 heavy (non-hydrogen) atoms. The number of hydrogen-bond donors (Lipinski definition) is 1. The fourth-order valence-electron chi connectivity index (χ4n) is 1.47. The lowest BCUT2D eigenvalue weighted by Gasteiger charge is -2.22. The average Bonchev–Trinajstić information content (AvgIpc) is 2.15. The Balaban J connectivity index is 3.09. The highest BCUT2D eigenvalue weighted by Crippen LogP contribution is 2.21. The van der Waals surface area contributed by atoms with E-state index >= 15 is 0 Å². The summed E-state index contributed by atoms with van der Waals surface area (Å²) in [5, 5.41) is 0. The summed E-state index contributed by atoms with van der Waals surface area (Å²) < 4.78 is 24.6. The molecule has 0 fully saturated rings. The highest BCUT2D eigenvalue weighted by Gasteiger charge is 2.13. The number of nitrogens with two attached hydrogens (primary N) is 1. The van der Waals surface area contributed by atoms with Crippen LogP contribution in [0.15, 0.2) is 18.2 Å². The number of hydrogen-bond acceptors (Lipinski definition) is 2. The van der Waals surface area contributed by atoms with Crippen molar-refractivity contribution in [3.05, 3.63) is 29.3 Å². The van der Waals surface area contributed by atoms with E-state index < -0.39 is 6.43 Å². The predicted octanol–water partition coefficient (Wildman–Crippen LogP) is 2.33. The first-order chi connectivity index (χ1) is 7.41. The molecule has 88 valence electrons. The van der Waals surface area contributed by atoms with Crippen LogP contribution < -0.4 is 10.6 Å². The van der Waals surface area contributed by atoms with E-state index in [9.17, 15) is 8.78 Å². The van der Waals surface area contributed by atoms with Crippen LogP contribution in [0.5, 0.6) is 0 Å². The summed E-state index contributed by atoms with van der Waals surface area (Å²) in [5.74, 6) is 0. The smallest absolute Gasteiger partial charge is 0.255 e. The van der Waals surface area contributed by atoms with Gasteiger partial charge in [-0.05, 0) is 24.6 Å². The number of benzene rings is 1. The highest BCUT2D eigenvalue weighted by atomic mass is 32.1. The van der Waals surface area contributed by atoms with Crippen molar-refractivity contribution in [3.63, 3.8) is 0 Å². The van der Waals surface area contributed by atoms with Crippen molar-refractivity contribution in [2.75, 3.05) is 18.5 Å². The molecule has 1 aromatic rings. The van der Waals surface area contributed by atoms with Crippen LogP contribution in [0.2, 0.25) is 0 Å². The molecule has 0 unspecified atom stereocenters. The van der Waals surface area contributed by atoms with Gasteiger partial charge in [0.2, 0.25) is 0 Å². The Bertz CT molecular complexity index is 394. The van der Waals surface area contributed by atoms with E-state index in [1.54, 1.807) is 19.2 Å². The number of anilines is 1. The van der Waals surface area contributed by atoms with E-state index in [-0.39, 0.29) is 11.5 Å². The minimum absolute atomic E-state index is 0.219. The Morgan fingerprint density at radius 2 is 2.12 bits per heavy atom. The number of halogens is 2. The molecule has 0 bridgehead atoms. The van der Waals surface area contributed by atoms with Crippen LogP contribution in [-0.4, -0.2) is 25.0 Å². The van der Waals surface area contributed by atoms with Gasteiger partial charge in [0.1, 0.15) is 4.99 Å². The van der Waals surface area contributed by atoms with Gasteiger partial charge in [0.15, 0.2) is 0 Å². The van der Waals surface area contributed by atoms with E-state index in [4.69, 9.17) is 18.0 Å². The van der Waals surface area contributed by atoms with Crippen LogP contribution in [0.3, 0.4) is 0 Å². The fraction of sp³-hybridized carbons (Fsp3) is 0.364. The second-order valence-electron chi connectivity index (χ2n) is 3.66. The summed E-state index contributed by atoms with van der Waals surface area (Å²) in [5.41, 5.74) is 7.81. The maximum absolute atomic E-state index is 12.3. The predicted molar refractivity (Wildman–Crippen MR) is 66.3 cm³/mol. The summed E-state index contributed by atoms with van der Waals surface area (Å²) in [6.07, 6.45) is -2.38. The maximum Gasteiger partial charge on any atom is 0.255 e. The molecule has 1 aromatic carbocycles. The summed E-state index contributed by atoms with van der Waals surface area (Å²) in [6, 6.07) is 5.42. The number of nitrogens with zero attached hydrogens (tertiary/aromatic N) is 1. The lowest BCUT2D eigenvalue weighted by Crippen LogP contribution is -2.26. The number of alkyl halides is 2. The van der Waals surface area contributed by atoms with Crippen LogP contribution in [0.1, 0.15) is 11.1 Å². The van der Waals surface area contributed by atoms with Gasteiger partial charge in [-0.25, -0.2) is 8.78 Å². The molecule has 0 aromatic heterocycles. The van der Waals surface area contributed by atoms with Gasteiger partial charge < -0.3 is 10.6 Å². The monoisotopic (exact) mass is 244 g/mol. The zero-order chi connectivity index (χ0) is 12.3. The van der Waals surface area contributed by atoms with Crippen molar-refractivity contribution in [1.29, 1.82) is 0 Å². The minimum Gasteiger partial charge on any atom is -0.389 e. The molecule has 2 N–H and O–H groups in total. The van der Waals surface area contributed by atoms with E-state index in [1.165, 1.54) is 4.90 Å². The third kappa shape index (κ3) is 3.13. The van der Waals surface area contributed by atoms with Crippen molar-refractivity contribution in [3.8, 4) is 0 Å². The molecule has 2 nitrogen and oxygen atoms in total. The Morgan fingerprint density at radius 1 is 1.50 bits per heavy atom. The molecular formula is C11H14F2N2S. The number of rotatable bonds is 4. The first kappa shape index (κ1) is 12.8. The van der Waals surface area contributed by atoms with E-state index in [2.05, 4.69) is 0 Å². The van der Waals surface area contributed by atoms with Gasteiger partial charge >= 0.3 is 0 Å². The largest absolute Gasteiger partial charge is 0.389 e. The molecular weight excluding hydrogens is 230 g/mol. The minimum atomic E-state index is -2.38. The summed E-state index contributed by atoms with van der Waals surface area (Å²) in [7, 11) is 1.60. The summed E-state index contributed by atoms with van der Waals surface area (Å²) in [4.78, 5) is 1.68. The maximum atomic E-state index is 12.3. The van der Waals surface area contributed by atoms with Crippen molar-refractivity contribution in [1.82, 2.24) is 0 Å². The van der Waals surface area contributed by atoms with Gasteiger partial charge in [-0.3, -0.25) is 0 Å². The van der Waals surface area contributed by atoms with Crippen molar-refractivity contribution in [2.45, 2.75) is 13.3 Å². The number of thiocarbonyl (C=S) groups is 1. The molecule has 1 rings (SSSR count). The Kier molecular flexibility index (Phi) is 4.18. The van der Waals surface area contributed by atoms with E-state index in [0.717, 1.165) is 5.56 Å². The van der Waals surface area contributed by atoms with Crippen LogP contribution >= 0.6 is 12.2 Å². The third-order valence-electron chi connectivity index (χ3n) is 2.24. The fourth-order valence-corrected chi connectivity index (χ4v) is 1.64. The van der Waals surface area contributed by atoms with Crippen LogP contribution in [0, 0.1) is 6.92 Å². The summed E-state index contributed by atoms with van der Waals surface area (Å²) >= 11 is 4.89. The molecule has 0 amide bonds. The first-order valence-electron chi connectivity index (χ1n) is 4.81. The van der Waals surface area contributed by atoms with E-state index in [0.29, 0.717) is 11.3 Å². The quantitative estimate of drug-likeness (QED) is 0.824. The first-order valence-corrected chi connectivity index (χ1v) is 5.22. The van der Waals surface area contributed by atoms with Crippen molar-refractivity contribution < 1.29 is 8.78 Å². The molecule has 0 aliphatic carbocycles. The average molecular weight is 244 g/mol. The molecule has 0 spiro atoms. The second kappa shape index (κ2) is 5.21. The van der Waals surface area contributed by atoms with Crippen LogP contribution in [0.4, 0.5) is 14.5 Å². The zero-order valence-electron chi connectivity index (χ0n) is 9.21. The molecule has 5 heteroatoms. The second-order valence-corrected chi connectivity index (χ2v) is 4.10. The zero-order valence-corrected chi connectivity index (χ0v) is 10.0. The third-order valence-corrected chi connectivity index (χ3v) is 2.46.